The molecular weight excluding hydrogens is 278 g/mol. The molecule has 116 valence electrons. The summed E-state index contributed by atoms with van der Waals surface area (Å²) < 4.78 is 32.4. The van der Waals surface area contributed by atoms with Gasteiger partial charge in [0.1, 0.15) is 11.6 Å². The van der Waals surface area contributed by atoms with Crippen LogP contribution >= 0.6 is 0 Å². The fraction of sp³-hybridized carbons (Fsp3) is 0.533. The second kappa shape index (κ2) is 5.69. The maximum atomic E-state index is 13.8. The molecule has 3 unspecified atom stereocenters. The van der Waals surface area contributed by atoms with Gasteiger partial charge in [0.05, 0.1) is 24.7 Å². The van der Waals surface area contributed by atoms with E-state index in [9.17, 15) is 13.6 Å². The maximum Gasteiger partial charge on any atom is 0.232 e. The summed E-state index contributed by atoms with van der Waals surface area (Å²) in [6.45, 7) is 3.94. The smallest absolute Gasteiger partial charge is 0.232 e. The number of benzene rings is 1. The molecule has 1 fully saturated rings. The Hall–Kier alpha value is -1.53. The van der Waals surface area contributed by atoms with Gasteiger partial charge in [0.15, 0.2) is 0 Å². The number of nitrogens with two attached hydrogens (primary N) is 1. The summed E-state index contributed by atoms with van der Waals surface area (Å²) in [6, 6.07) is 2.22. The summed E-state index contributed by atoms with van der Waals surface area (Å²) in [5, 5.41) is 0. The number of hydrogen-bond donors (Lipinski definition) is 1. The minimum absolute atomic E-state index is 0.141. The molecule has 3 atom stereocenters. The van der Waals surface area contributed by atoms with Crippen molar-refractivity contribution in [2.45, 2.75) is 25.9 Å². The van der Waals surface area contributed by atoms with Crippen LogP contribution < -0.4 is 5.73 Å². The molecule has 1 heterocycles. The average Bonchev–Trinajstić information content (AvgIpc) is 2.80. The predicted octanol–water partition coefficient (Wildman–Crippen LogP) is 1.85. The van der Waals surface area contributed by atoms with E-state index in [1.165, 1.54) is 4.90 Å². The van der Waals surface area contributed by atoms with Gasteiger partial charge in [-0.3, -0.25) is 4.79 Å². The molecular formula is C15H20F2N2O2. The molecule has 0 aromatic heterocycles. The van der Waals surface area contributed by atoms with Gasteiger partial charge >= 0.3 is 0 Å². The van der Waals surface area contributed by atoms with Crippen molar-refractivity contribution in [3.63, 3.8) is 0 Å². The van der Waals surface area contributed by atoms with Crippen LogP contribution in [-0.2, 0) is 9.53 Å². The van der Waals surface area contributed by atoms with E-state index in [4.69, 9.17) is 10.5 Å². The number of ether oxygens (including phenoxy) is 1. The van der Waals surface area contributed by atoms with Gasteiger partial charge in [0.2, 0.25) is 5.91 Å². The zero-order valence-electron chi connectivity index (χ0n) is 12.4. The second-order valence-electron chi connectivity index (χ2n) is 5.80. The number of halogens is 2. The first-order valence-corrected chi connectivity index (χ1v) is 6.83. The Morgan fingerprint density at radius 1 is 1.52 bits per heavy atom. The zero-order chi connectivity index (χ0) is 15.8. The summed E-state index contributed by atoms with van der Waals surface area (Å²) in [4.78, 5) is 14.0. The number of rotatable bonds is 3. The van der Waals surface area contributed by atoms with Crippen LogP contribution in [0.4, 0.5) is 8.78 Å². The van der Waals surface area contributed by atoms with Crippen molar-refractivity contribution >= 4 is 5.91 Å². The van der Waals surface area contributed by atoms with E-state index >= 15 is 0 Å². The van der Waals surface area contributed by atoms with E-state index in [2.05, 4.69) is 0 Å². The van der Waals surface area contributed by atoms with Crippen LogP contribution in [0, 0.1) is 17.0 Å². The molecule has 1 aliphatic rings. The van der Waals surface area contributed by atoms with Crippen molar-refractivity contribution in [3.05, 3.63) is 35.4 Å². The lowest BCUT2D eigenvalue weighted by Gasteiger charge is -2.34. The summed E-state index contributed by atoms with van der Waals surface area (Å²) in [5.41, 5.74) is 5.24. The highest BCUT2D eigenvalue weighted by Gasteiger charge is 2.46. The van der Waals surface area contributed by atoms with Gasteiger partial charge in [0.25, 0.3) is 0 Å². The van der Waals surface area contributed by atoms with Crippen molar-refractivity contribution in [2.24, 2.45) is 11.1 Å². The van der Waals surface area contributed by atoms with Crippen molar-refractivity contribution in [3.8, 4) is 0 Å². The molecule has 1 saturated heterocycles. The molecule has 0 saturated carbocycles. The zero-order valence-corrected chi connectivity index (χ0v) is 12.4. The Labute approximate surface area is 122 Å². The topological polar surface area (TPSA) is 55.6 Å². The van der Waals surface area contributed by atoms with E-state index in [1.54, 1.807) is 20.9 Å². The molecule has 6 heteroatoms. The molecule has 21 heavy (non-hydrogen) atoms. The van der Waals surface area contributed by atoms with Crippen LogP contribution in [-0.4, -0.2) is 37.1 Å². The Balaban J connectivity index is 2.25. The highest BCUT2D eigenvalue weighted by atomic mass is 19.1. The molecule has 0 spiro atoms. The molecule has 2 N–H and O–H groups in total. The van der Waals surface area contributed by atoms with Crippen LogP contribution in [0.25, 0.3) is 0 Å². The fourth-order valence-corrected chi connectivity index (χ4v) is 2.53. The highest BCUT2D eigenvalue weighted by Crippen LogP contribution is 2.32. The SMILES string of the molecule is CC(c1cc(F)ccc1F)N(C)C(=O)C1(C)COCC1N. The van der Waals surface area contributed by atoms with Gasteiger partial charge in [-0.2, -0.15) is 0 Å². The van der Waals surface area contributed by atoms with Gasteiger partial charge in [0, 0.05) is 18.7 Å². The van der Waals surface area contributed by atoms with Crippen LogP contribution in [0.5, 0.6) is 0 Å². The van der Waals surface area contributed by atoms with Gasteiger partial charge in [-0.1, -0.05) is 0 Å². The summed E-state index contributed by atoms with van der Waals surface area (Å²) in [5.74, 6) is -1.31. The van der Waals surface area contributed by atoms with Crippen molar-refractivity contribution in [1.29, 1.82) is 0 Å². The first kappa shape index (κ1) is 15.9. The highest BCUT2D eigenvalue weighted by molar-refractivity contribution is 5.84. The van der Waals surface area contributed by atoms with E-state index in [-0.39, 0.29) is 18.1 Å². The minimum Gasteiger partial charge on any atom is -0.379 e. The normalized spacial score (nSPS) is 26.7. The molecule has 4 nitrogen and oxygen atoms in total. The Kier molecular flexibility index (Phi) is 4.30. The molecule has 1 aromatic rings. The van der Waals surface area contributed by atoms with Gasteiger partial charge in [-0.15, -0.1) is 0 Å². The first-order valence-electron chi connectivity index (χ1n) is 6.83. The first-order chi connectivity index (χ1) is 9.77. The number of hydrogen-bond acceptors (Lipinski definition) is 3. The van der Waals surface area contributed by atoms with Crippen LogP contribution in [0.3, 0.4) is 0 Å². The van der Waals surface area contributed by atoms with Gasteiger partial charge in [-0.05, 0) is 32.0 Å². The lowest BCUT2D eigenvalue weighted by atomic mass is 9.83. The Bertz CT molecular complexity index is 552. The van der Waals surface area contributed by atoms with E-state index < -0.39 is 29.1 Å². The predicted molar refractivity (Wildman–Crippen MR) is 74.4 cm³/mol. The van der Waals surface area contributed by atoms with Crippen LogP contribution in [0.1, 0.15) is 25.5 Å². The molecule has 1 aliphatic heterocycles. The molecule has 2 rings (SSSR count). The molecule has 1 amide bonds. The largest absolute Gasteiger partial charge is 0.379 e. The lowest BCUT2D eigenvalue weighted by Crippen LogP contribution is -2.51. The quantitative estimate of drug-likeness (QED) is 0.926. The monoisotopic (exact) mass is 298 g/mol. The summed E-state index contributed by atoms with van der Waals surface area (Å²) in [7, 11) is 1.56. The number of carbonyl (C=O) groups excluding carboxylic acids is 1. The molecule has 1 aromatic carbocycles. The number of nitrogens with zero attached hydrogens (tertiary/aromatic N) is 1. The number of amides is 1. The minimum atomic E-state index is -0.840. The summed E-state index contributed by atoms with van der Waals surface area (Å²) >= 11 is 0. The second-order valence-corrected chi connectivity index (χ2v) is 5.80. The van der Waals surface area contributed by atoms with Gasteiger partial charge in [-0.25, -0.2) is 8.78 Å². The third kappa shape index (κ3) is 2.78. The fourth-order valence-electron chi connectivity index (χ4n) is 2.53. The maximum absolute atomic E-state index is 13.8. The number of carbonyl (C=O) groups is 1. The van der Waals surface area contributed by atoms with Crippen molar-refractivity contribution in [2.75, 3.05) is 20.3 Å². The van der Waals surface area contributed by atoms with E-state index in [0.29, 0.717) is 6.61 Å². The lowest BCUT2D eigenvalue weighted by molar-refractivity contribution is -0.142. The van der Waals surface area contributed by atoms with Crippen molar-refractivity contribution < 1.29 is 18.3 Å². The van der Waals surface area contributed by atoms with Crippen molar-refractivity contribution in [1.82, 2.24) is 4.90 Å². The Morgan fingerprint density at radius 3 is 2.76 bits per heavy atom. The third-order valence-corrected chi connectivity index (χ3v) is 4.32. The van der Waals surface area contributed by atoms with Gasteiger partial charge < -0.3 is 15.4 Å². The Morgan fingerprint density at radius 2 is 2.19 bits per heavy atom. The van der Waals surface area contributed by atoms with E-state index in [1.807, 2.05) is 0 Å². The third-order valence-electron chi connectivity index (χ3n) is 4.32. The van der Waals surface area contributed by atoms with Crippen LogP contribution in [0.15, 0.2) is 18.2 Å². The van der Waals surface area contributed by atoms with Crippen LogP contribution in [0.2, 0.25) is 0 Å². The molecule has 0 radical (unpaired) electrons. The molecule has 0 aliphatic carbocycles. The van der Waals surface area contributed by atoms with E-state index in [0.717, 1.165) is 18.2 Å². The molecule has 0 bridgehead atoms. The average molecular weight is 298 g/mol. The standard InChI is InChI=1S/C15H20F2N2O2/c1-9(11-6-10(16)4-5-12(11)17)19(3)14(20)15(2)8-21-7-13(15)18/h4-6,9,13H,7-8,18H2,1-3H3. The summed E-state index contributed by atoms with van der Waals surface area (Å²) in [6.07, 6.45) is 0.